The van der Waals surface area contributed by atoms with Gasteiger partial charge in [-0.3, -0.25) is 0 Å². The molecule has 1 aromatic rings. The molecule has 0 aliphatic heterocycles. The lowest BCUT2D eigenvalue weighted by Gasteiger charge is -2.04. The second-order valence-corrected chi connectivity index (χ2v) is 3.97. The average Bonchev–Trinajstić information content (AvgIpc) is 2.12. The largest absolute Gasteiger partial charge is 0.354 e. The molecule has 5 heteroatoms. The molecular weight excluding hydrogens is 206 g/mol. The van der Waals surface area contributed by atoms with E-state index in [-0.39, 0.29) is 0 Å². The van der Waals surface area contributed by atoms with Gasteiger partial charge in [-0.15, -0.1) is 11.8 Å². The fraction of sp³-hybridized carbons (Fsp3) is 0.500. The fourth-order valence-electron chi connectivity index (χ4n) is 0.833. The topological polar surface area (TPSA) is 37.8 Å². The van der Waals surface area contributed by atoms with E-state index in [1.54, 1.807) is 18.0 Å². The third-order valence-corrected chi connectivity index (χ3v) is 2.59. The Bertz CT molecular complexity index is 280. The highest BCUT2D eigenvalue weighted by atomic mass is 35.5. The zero-order chi connectivity index (χ0) is 9.68. The summed E-state index contributed by atoms with van der Waals surface area (Å²) in [5.74, 6) is 1.60. The first-order chi connectivity index (χ1) is 6.27. The Kier molecular flexibility index (Phi) is 4.32. The highest BCUT2D eigenvalue weighted by molar-refractivity contribution is 7.99. The van der Waals surface area contributed by atoms with Crippen molar-refractivity contribution in [3.05, 3.63) is 11.2 Å². The smallest absolute Gasteiger partial charge is 0.223 e. The van der Waals surface area contributed by atoms with E-state index in [1.807, 2.05) is 6.92 Å². The maximum absolute atomic E-state index is 5.90. The lowest BCUT2D eigenvalue weighted by molar-refractivity contribution is 1.01. The molecule has 0 bridgehead atoms. The summed E-state index contributed by atoms with van der Waals surface area (Å²) in [6.07, 6.45) is 1.63. The summed E-state index contributed by atoms with van der Waals surface area (Å²) < 4.78 is 0. The van der Waals surface area contributed by atoms with Crippen molar-refractivity contribution in [1.82, 2.24) is 9.97 Å². The number of nitrogens with one attached hydrogen (secondary N) is 1. The molecule has 0 radical (unpaired) electrons. The van der Waals surface area contributed by atoms with Gasteiger partial charge in [0.05, 0.1) is 11.2 Å². The van der Waals surface area contributed by atoms with Gasteiger partial charge in [0.25, 0.3) is 0 Å². The number of aromatic nitrogens is 2. The van der Waals surface area contributed by atoms with Gasteiger partial charge in [0.2, 0.25) is 5.95 Å². The molecule has 72 valence electrons. The first-order valence-electron chi connectivity index (χ1n) is 4.17. The molecule has 0 aliphatic carbocycles. The third-order valence-electron chi connectivity index (χ3n) is 1.33. The van der Waals surface area contributed by atoms with Gasteiger partial charge in [-0.2, -0.15) is 0 Å². The molecule has 0 fully saturated rings. The molecular formula is C8H12ClN3S. The minimum atomic E-state index is 0.619. The molecule has 0 unspecified atom stereocenters. The minimum Gasteiger partial charge on any atom is -0.354 e. The first kappa shape index (κ1) is 10.6. The molecule has 13 heavy (non-hydrogen) atoms. The number of halogens is 1. The van der Waals surface area contributed by atoms with Gasteiger partial charge in [0.15, 0.2) is 0 Å². The van der Waals surface area contributed by atoms with Crippen LogP contribution in [-0.4, -0.2) is 22.3 Å². The van der Waals surface area contributed by atoms with Crippen LogP contribution in [0.25, 0.3) is 0 Å². The van der Waals surface area contributed by atoms with Crippen LogP contribution in [-0.2, 0) is 0 Å². The lowest BCUT2D eigenvalue weighted by Crippen LogP contribution is -2.02. The van der Waals surface area contributed by atoms with Gasteiger partial charge < -0.3 is 5.32 Å². The number of nitrogens with zero attached hydrogens (tertiary/aromatic N) is 2. The highest BCUT2D eigenvalue weighted by Gasteiger charge is 2.03. The Morgan fingerprint density at radius 2 is 2.31 bits per heavy atom. The molecule has 0 spiro atoms. The van der Waals surface area contributed by atoms with Crippen LogP contribution in [0, 0.1) is 0 Å². The summed E-state index contributed by atoms with van der Waals surface area (Å²) in [5.41, 5.74) is 0. The molecule has 1 aromatic heterocycles. The van der Waals surface area contributed by atoms with Gasteiger partial charge in [-0.05, 0) is 12.7 Å². The van der Waals surface area contributed by atoms with Crippen molar-refractivity contribution in [3.63, 3.8) is 0 Å². The fourth-order valence-corrected chi connectivity index (χ4v) is 1.70. The molecule has 1 N–H and O–H groups in total. The summed E-state index contributed by atoms with van der Waals surface area (Å²) in [5, 5.41) is 4.50. The number of hydrogen-bond donors (Lipinski definition) is 1. The summed E-state index contributed by atoms with van der Waals surface area (Å²) in [6.45, 7) is 4.89. The van der Waals surface area contributed by atoms with E-state index in [1.165, 1.54) is 0 Å². The Morgan fingerprint density at radius 3 is 2.92 bits per heavy atom. The van der Waals surface area contributed by atoms with Gasteiger partial charge >= 0.3 is 0 Å². The number of rotatable bonds is 4. The van der Waals surface area contributed by atoms with Crippen molar-refractivity contribution in [2.24, 2.45) is 0 Å². The van der Waals surface area contributed by atoms with E-state index in [9.17, 15) is 0 Å². The van der Waals surface area contributed by atoms with Gasteiger partial charge in [0.1, 0.15) is 5.03 Å². The summed E-state index contributed by atoms with van der Waals surface area (Å²) in [6, 6.07) is 0. The van der Waals surface area contributed by atoms with Crippen LogP contribution >= 0.6 is 23.4 Å². The average molecular weight is 218 g/mol. The minimum absolute atomic E-state index is 0.619. The van der Waals surface area contributed by atoms with E-state index in [4.69, 9.17) is 11.6 Å². The van der Waals surface area contributed by atoms with Crippen molar-refractivity contribution in [1.29, 1.82) is 0 Å². The van der Waals surface area contributed by atoms with E-state index in [2.05, 4.69) is 22.2 Å². The molecule has 3 nitrogen and oxygen atoms in total. The number of hydrogen-bond acceptors (Lipinski definition) is 4. The molecule has 1 rings (SSSR count). The summed E-state index contributed by atoms with van der Waals surface area (Å²) >= 11 is 7.52. The van der Waals surface area contributed by atoms with Crippen LogP contribution < -0.4 is 5.32 Å². The molecule has 0 aromatic carbocycles. The van der Waals surface area contributed by atoms with Crippen LogP contribution in [0.2, 0.25) is 5.02 Å². The predicted molar refractivity (Wildman–Crippen MR) is 57.6 cm³/mol. The van der Waals surface area contributed by atoms with Crippen LogP contribution in [0.5, 0.6) is 0 Å². The second kappa shape index (κ2) is 5.29. The first-order valence-corrected chi connectivity index (χ1v) is 5.53. The van der Waals surface area contributed by atoms with E-state index >= 15 is 0 Å². The monoisotopic (exact) mass is 217 g/mol. The maximum atomic E-state index is 5.90. The summed E-state index contributed by atoms with van der Waals surface area (Å²) in [4.78, 5) is 8.30. The number of anilines is 1. The Morgan fingerprint density at radius 1 is 1.54 bits per heavy atom. The van der Waals surface area contributed by atoms with E-state index in [0.29, 0.717) is 11.0 Å². The molecule has 1 heterocycles. The van der Waals surface area contributed by atoms with E-state index in [0.717, 1.165) is 17.3 Å². The second-order valence-electron chi connectivity index (χ2n) is 2.31. The Hall–Kier alpha value is -0.480. The third kappa shape index (κ3) is 3.04. The van der Waals surface area contributed by atoms with Gasteiger partial charge in [-0.25, -0.2) is 9.97 Å². The van der Waals surface area contributed by atoms with Crippen molar-refractivity contribution in [3.8, 4) is 0 Å². The summed E-state index contributed by atoms with van der Waals surface area (Å²) in [7, 11) is 0. The van der Waals surface area contributed by atoms with Crippen molar-refractivity contribution < 1.29 is 0 Å². The molecule has 0 aliphatic rings. The predicted octanol–water partition coefficient (Wildman–Crippen LogP) is 2.67. The SMILES string of the molecule is CCNc1ncc(Cl)c(SCC)n1. The Balaban J connectivity index is 2.83. The zero-order valence-corrected chi connectivity index (χ0v) is 9.24. The lowest BCUT2D eigenvalue weighted by atomic mass is 10.6. The van der Waals surface area contributed by atoms with Crippen molar-refractivity contribution in [2.45, 2.75) is 18.9 Å². The Labute approximate surface area is 87.3 Å². The van der Waals surface area contributed by atoms with Gasteiger partial charge in [0, 0.05) is 6.54 Å². The molecule has 0 atom stereocenters. The highest BCUT2D eigenvalue weighted by Crippen LogP contribution is 2.24. The van der Waals surface area contributed by atoms with Crippen molar-refractivity contribution >= 4 is 29.3 Å². The maximum Gasteiger partial charge on any atom is 0.223 e. The van der Waals surface area contributed by atoms with Gasteiger partial charge in [-0.1, -0.05) is 18.5 Å². The molecule has 0 saturated heterocycles. The zero-order valence-electron chi connectivity index (χ0n) is 7.67. The standard InChI is InChI=1S/C8H12ClN3S/c1-3-10-8-11-5-6(9)7(12-8)13-4-2/h5H,3-4H2,1-2H3,(H,10,11,12). The van der Waals surface area contributed by atoms with Crippen LogP contribution in [0.3, 0.4) is 0 Å². The van der Waals surface area contributed by atoms with Crippen LogP contribution in [0.15, 0.2) is 11.2 Å². The molecule has 0 saturated carbocycles. The van der Waals surface area contributed by atoms with Crippen molar-refractivity contribution in [2.75, 3.05) is 17.6 Å². The normalized spacial score (nSPS) is 10.1. The van der Waals surface area contributed by atoms with E-state index < -0.39 is 0 Å². The van der Waals surface area contributed by atoms with Crippen LogP contribution in [0.4, 0.5) is 5.95 Å². The quantitative estimate of drug-likeness (QED) is 0.622. The van der Waals surface area contributed by atoms with Crippen LogP contribution in [0.1, 0.15) is 13.8 Å². The number of thioether (sulfide) groups is 1. The molecule has 0 amide bonds.